The van der Waals surface area contributed by atoms with Crippen molar-refractivity contribution in [1.82, 2.24) is 14.5 Å². The molecule has 0 aliphatic rings. The van der Waals surface area contributed by atoms with Crippen molar-refractivity contribution < 1.29 is 4.79 Å². The predicted octanol–water partition coefficient (Wildman–Crippen LogP) is 3.73. The van der Waals surface area contributed by atoms with Gasteiger partial charge in [-0.3, -0.25) is 19.1 Å². The first-order valence-electron chi connectivity index (χ1n) is 10.7. The molecule has 10 heteroatoms. The first kappa shape index (κ1) is 23.9. The summed E-state index contributed by atoms with van der Waals surface area (Å²) in [5, 5.41) is 6.71. The number of unbranched alkanes of at least 4 members (excludes halogenated alkanes) is 1. The maximum Gasteiger partial charge on any atom is 0.330 e. The SMILES string of the molecule is CCCCn1c(N)c(N(CCC(C)C)C(=O)Cc2csc(-c3ccsc3)n2)c(=O)[nH]c1=O. The van der Waals surface area contributed by atoms with Crippen molar-refractivity contribution in [2.45, 2.75) is 53.0 Å². The smallest absolute Gasteiger partial charge is 0.330 e. The molecule has 0 aliphatic carbocycles. The van der Waals surface area contributed by atoms with Gasteiger partial charge in [0.25, 0.3) is 5.56 Å². The Bertz CT molecular complexity index is 1160. The van der Waals surface area contributed by atoms with Gasteiger partial charge in [0.1, 0.15) is 10.8 Å². The summed E-state index contributed by atoms with van der Waals surface area (Å²) in [6.45, 7) is 6.81. The van der Waals surface area contributed by atoms with Gasteiger partial charge in [-0.05, 0) is 30.2 Å². The molecule has 32 heavy (non-hydrogen) atoms. The van der Waals surface area contributed by atoms with E-state index in [1.807, 2.05) is 43.0 Å². The first-order valence-corrected chi connectivity index (χ1v) is 12.5. The number of thiophene rings is 1. The third-order valence-electron chi connectivity index (χ3n) is 5.10. The first-order chi connectivity index (χ1) is 15.3. The van der Waals surface area contributed by atoms with Crippen LogP contribution in [0.2, 0.25) is 0 Å². The molecule has 0 atom stereocenters. The molecule has 0 bridgehead atoms. The molecule has 3 rings (SSSR count). The average molecular weight is 476 g/mol. The van der Waals surface area contributed by atoms with Crippen molar-refractivity contribution in [2.24, 2.45) is 5.92 Å². The van der Waals surface area contributed by atoms with Crippen LogP contribution < -0.4 is 21.9 Å². The molecule has 8 nitrogen and oxygen atoms in total. The van der Waals surface area contributed by atoms with Crippen molar-refractivity contribution in [3.63, 3.8) is 0 Å². The van der Waals surface area contributed by atoms with Crippen LogP contribution in [-0.2, 0) is 17.8 Å². The molecule has 3 aromatic heterocycles. The van der Waals surface area contributed by atoms with E-state index < -0.39 is 11.2 Å². The number of rotatable bonds is 10. The zero-order valence-electron chi connectivity index (χ0n) is 18.6. The van der Waals surface area contributed by atoms with Crippen LogP contribution in [0.15, 0.2) is 31.8 Å². The fourth-order valence-corrected chi connectivity index (χ4v) is 4.81. The number of nitrogens with zero attached hydrogens (tertiary/aromatic N) is 3. The van der Waals surface area contributed by atoms with Gasteiger partial charge in [0.15, 0.2) is 5.69 Å². The molecular weight excluding hydrogens is 446 g/mol. The molecule has 0 saturated heterocycles. The summed E-state index contributed by atoms with van der Waals surface area (Å²) in [6, 6.07) is 1.99. The number of amides is 1. The van der Waals surface area contributed by atoms with Crippen molar-refractivity contribution in [3.8, 4) is 10.6 Å². The minimum Gasteiger partial charge on any atom is -0.383 e. The quantitative estimate of drug-likeness (QED) is 0.464. The summed E-state index contributed by atoms with van der Waals surface area (Å²) in [5.41, 5.74) is 6.78. The zero-order valence-corrected chi connectivity index (χ0v) is 20.2. The number of aromatic amines is 1. The number of hydrogen-bond donors (Lipinski definition) is 2. The largest absolute Gasteiger partial charge is 0.383 e. The van der Waals surface area contributed by atoms with Crippen molar-refractivity contribution in [3.05, 3.63) is 48.7 Å². The highest BCUT2D eigenvalue weighted by atomic mass is 32.1. The topological polar surface area (TPSA) is 114 Å². The molecular formula is C22H29N5O3S2. The van der Waals surface area contributed by atoms with Gasteiger partial charge in [0, 0.05) is 29.4 Å². The van der Waals surface area contributed by atoms with Crippen LogP contribution in [0, 0.1) is 5.92 Å². The van der Waals surface area contributed by atoms with Crippen LogP contribution in [0.25, 0.3) is 10.6 Å². The normalized spacial score (nSPS) is 11.2. The number of H-pyrrole nitrogens is 1. The molecule has 0 spiro atoms. The van der Waals surface area contributed by atoms with Gasteiger partial charge >= 0.3 is 5.69 Å². The monoisotopic (exact) mass is 475 g/mol. The summed E-state index contributed by atoms with van der Waals surface area (Å²) in [5.74, 6) is 0.0772. The third kappa shape index (κ3) is 5.55. The highest BCUT2D eigenvalue weighted by molar-refractivity contribution is 7.14. The summed E-state index contributed by atoms with van der Waals surface area (Å²) in [4.78, 5) is 46.7. The Hall–Kier alpha value is -2.72. The van der Waals surface area contributed by atoms with E-state index in [1.54, 1.807) is 11.3 Å². The van der Waals surface area contributed by atoms with Crippen LogP contribution in [0.4, 0.5) is 11.5 Å². The average Bonchev–Trinajstić information content (AvgIpc) is 3.41. The van der Waals surface area contributed by atoms with E-state index in [2.05, 4.69) is 9.97 Å². The minimum absolute atomic E-state index is 0.0292. The fraction of sp³-hybridized carbons (Fsp3) is 0.455. The van der Waals surface area contributed by atoms with Crippen molar-refractivity contribution in [2.75, 3.05) is 17.2 Å². The number of carbonyl (C=O) groups excluding carboxylic acids is 1. The van der Waals surface area contributed by atoms with Gasteiger partial charge in [0.05, 0.1) is 12.1 Å². The lowest BCUT2D eigenvalue weighted by atomic mass is 10.1. The number of hydrogen-bond acceptors (Lipinski definition) is 7. The van der Waals surface area contributed by atoms with E-state index in [4.69, 9.17) is 5.73 Å². The van der Waals surface area contributed by atoms with E-state index in [0.29, 0.717) is 31.1 Å². The second kappa shape index (κ2) is 10.7. The maximum absolute atomic E-state index is 13.3. The number of thiazole rings is 1. The molecule has 172 valence electrons. The lowest BCUT2D eigenvalue weighted by molar-refractivity contribution is -0.118. The summed E-state index contributed by atoms with van der Waals surface area (Å²) >= 11 is 3.07. The van der Waals surface area contributed by atoms with Gasteiger partial charge in [-0.2, -0.15) is 11.3 Å². The number of aromatic nitrogens is 3. The van der Waals surface area contributed by atoms with Crippen LogP contribution in [-0.4, -0.2) is 27.0 Å². The highest BCUT2D eigenvalue weighted by Crippen LogP contribution is 2.26. The van der Waals surface area contributed by atoms with Crippen molar-refractivity contribution >= 4 is 40.1 Å². The predicted molar refractivity (Wildman–Crippen MR) is 132 cm³/mol. The Kier molecular flexibility index (Phi) is 8.03. The molecule has 0 saturated carbocycles. The van der Waals surface area contributed by atoms with E-state index >= 15 is 0 Å². The fourth-order valence-electron chi connectivity index (χ4n) is 3.28. The van der Waals surface area contributed by atoms with E-state index in [0.717, 1.165) is 23.4 Å². The molecule has 0 unspecified atom stereocenters. The zero-order chi connectivity index (χ0) is 23.3. The minimum atomic E-state index is -0.644. The molecule has 3 N–H and O–H groups in total. The molecule has 0 fully saturated rings. The van der Waals surface area contributed by atoms with Crippen molar-refractivity contribution in [1.29, 1.82) is 0 Å². The molecule has 0 radical (unpaired) electrons. The Balaban J connectivity index is 1.93. The lowest BCUT2D eigenvalue weighted by Crippen LogP contribution is -2.42. The van der Waals surface area contributed by atoms with Crippen LogP contribution >= 0.6 is 22.7 Å². The lowest BCUT2D eigenvalue weighted by Gasteiger charge is -2.25. The number of nitrogen functional groups attached to an aromatic ring is 1. The number of anilines is 2. The molecule has 0 aliphatic heterocycles. The Morgan fingerprint density at radius 1 is 1.31 bits per heavy atom. The van der Waals surface area contributed by atoms with Gasteiger partial charge < -0.3 is 10.6 Å². The number of nitrogens with two attached hydrogens (primary N) is 1. The highest BCUT2D eigenvalue weighted by Gasteiger charge is 2.25. The summed E-state index contributed by atoms with van der Waals surface area (Å²) in [6.07, 6.45) is 2.34. The molecule has 1 amide bonds. The summed E-state index contributed by atoms with van der Waals surface area (Å²) < 4.78 is 1.34. The molecule has 3 heterocycles. The standard InChI is InChI=1S/C22H29N5O3S2/c1-4-5-8-27-19(23)18(20(29)25-22(27)30)26(9-6-14(2)3)17(28)11-16-13-32-21(24-16)15-7-10-31-12-15/h7,10,12-14H,4-6,8-9,11,23H2,1-3H3,(H,25,29,30). The van der Waals surface area contributed by atoms with Gasteiger partial charge in [-0.1, -0.05) is 27.2 Å². The Morgan fingerprint density at radius 2 is 2.09 bits per heavy atom. The molecule has 3 aromatic rings. The van der Waals surface area contributed by atoms with Crippen LogP contribution in [0.1, 0.15) is 45.7 Å². The summed E-state index contributed by atoms with van der Waals surface area (Å²) in [7, 11) is 0. The van der Waals surface area contributed by atoms with Gasteiger partial charge in [0.2, 0.25) is 5.91 Å². The second-order valence-corrected chi connectivity index (χ2v) is 9.70. The second-order valence-electron chi connectivity index (χ2n) is 8.06. The van der Waals surface area contributed by atoms with E-state index in [-0.39, 0.29) is 23.8 Å². The van der Waals surface area contributed by atoms with Gasteiger partial charge in [-0.15, -0.1) is 11.3 Å². The number of carbonyl (C=O) groups is 1. The Labute approximate surface area is 194 Å². The van der Waals surface area contributed by atoms with E-state index in [1.165, 1.54) is 20.8 Å². The Morgan fingerprint density at radius 3 is 2.75 bits per heavy atom. The van der Waals surface area contributed by atoms with Crippen LogP contribution in [0.3, 0.4) is 0 Å². The van der Waals surface area contributed by atoms with Gasteiger partial charge in [-0.25, -0.2) is 9.78 Å². The maximum atomic E-state index is 13.3. The molecule has 0 aromatic carbocycles. The van der Waals surface area contributed by atoms with E-state index in [9.17, 15) is 14.4 Å². The van der Waals surface area contributed by atoms with Crippen LogP contribution in [0.5, 0.6) is 0 Å². The third-order valence-corrected chi connectivity index (χ3v) is 6.73. The number of nitrogens with one attached hydrogen (secondary N) is 1.